The zero-order valence-corrected chi connectivity index (χ0v) is 23.0. The van der Waals surface area contributed by atoms with Crippen LogP contribution < -0.4 is 0 Å². The molecule has 4 aliphatic heterocycles. The van der Waals surface area contributed by atoms with Gasteiger partial charge < -0.3 is 24.4 Å². The minimum Gasteiger partial charge on any atom is -0.508 e. The van der Waals surface area contributed by atoms with Gasteiger partial charge in [0.1, 0.15) is 19.2 Å². The minimum atomic E-state index is -0.0997. The maximum absolute atomic E-state index is 12.3. The number of aromatic hydroxyl groups is 1. The molecule has 0 bridgehead atoms. The lowest BCUT2D eigenvalue weighted by atomic mass is 10.0. The van der Waals surface area contributed by atoms with Crippen molar-refractivity contribution in [2.75, 3.05) is 26.7 Å². The highest BCUT2D eigenvalue weighted by Gasteiger charge is 2.33. The predicted molar refractivity (Wildman–Crippen MR) is 174 cm³/mol. The van der Waals surface area contributed by atoms with Crippen LogP contribution in [0.25, 0.3) is 0 Å². The summed E-state index contributed by atoms with van der Waals surface area (Å²) in [5, 5.41) is 9.63. The van der Waals surface area contributed by atoms with Gasteiger partial charge in [-0.2, -0.15) is 0 Å². The van der Waals surface area contributed by atoms with Crippen LogP contribution in [-0.4, -0.2) is 77.9 Å². The van der Waals surface area contributed by atoms with Crippen molar-refractivity contribution in [3.63, 3.8) is 0 Å². The van der Waals surface area contributed by atoms with E-state index in [9.17, 15) is 14.7 Å². The third kappa shape index (κ3) is 7.66. The fourth-order valence-electron chi connectivity index (χ4n) is 4.81. The van der Waals surface area contributed by atoms with Crippen LogP contribution in [0, 0.1) is 20.8 Å². The molecular formula is C34H46N4O5. The Bertz CT molecular complexity index is 1310. The van der Waals surface area contributed by atoms with E-state index in [-0.39, 0.29) is 51.9 Å². The number of carbonyl (C=O) groups excluding carboxylic acids is 2. The maximum Gasteiger partial charge on any atom is 0.258 e. The molecule has 9 heteroatoms. The van der Waals surface area contributed by atoms with E-state index in [4.69, 9.17) is 9.47 Å². The Hall–Kier alpha value is -4.08. The number of phenolic OH excluding ortho intramolecular Hbond substituents is 1. The summed E-state index contributed by atoms with van der Waals surface area (Å²) in [6.07, 6.45) is 14.5. The van der Waals surface area contributed by atoms with E-state index in [2.05, 4.69) is 34.3 Å². The smallest absolute Gasteiger partial charge is 0.258 e. The van der Waals surface area contributed by atoms with E-state index >= 15 is 0 Å². The second kappa shape index (κ2) is 15.4. The van der Waals surface area contributed by atoms with Crippen molar-refractivity contribution in [1.29, 1.82) is 0 Å². The number of aliphatic imine (C=N–C) groups is 2. The Morgan fingerprint density at radius 2 is 1.09 bits per heavy atom. The summed E-state index contributed by atoms with van der Waals surface area (Å²) in [5.74, 6) is 0.0817. The molecular weight excluding hydrogens is 544 g/mol. The van der Waals surface area contributed by atoms with Crippen LogP contribution in [0.3, 0.4) is 0 Å². The Balaban J connectivity index is 0.000000238. The van der Waals surface area contributed by atoms with Crippen molar-refractivity contribution in [3.8, 4) is 5.75 Å². The van der Waals surface area contributed by atoms with Crippen LogP contribution in [0.15, 0.2) is 58.6 Å². The Kier molecular flexibility index (Phi) is 12.6. The van der Waals surface area contributed by atoms with Crippen molar-refractivity contribution in [3.05, 3.63) is 76.4 Å². The monoisotopic (exact) mass is 590 g/mol. The van der Waals surface area contributed by atoms with E-state index in [1.54, 1.807) is 29.0 Å². The number of allylic oxidation sites excluding steroid dienone is 4. The molecule has 0 spiro atoms. The molecule has 0 radical (unpaired) electrons. The maximum atomic E-state index is 12.3. The van der Waals surface area contributed by atoms with Gasteiger partial charge in [-0.1, -0.05) is 46.6 Å². The Morgan fingerprint density at radius 3 is 1.56 bits per heavy atom. The van der Waals surface area contributed by atoms with Gasteiger partial charge in [0.2, 0.25) is 0 Å². The molecule has 9 nitrogen and oxygen atoms in total. The zero-order valence-electron chi connectivity index (χ0n) is 23.0. The van der Waals surface area contributed by atoms with Crippen molar-refractivity contribution in [2.45, 2.75) is 68.0 Å². The van der Waals surface area contributed by atoms with Gasteiger partial charge in [0.25, 0.3) is 11.8 Å². The molecule has 4 heterocycles. The summed E-state index contributed by atoms with van der Waals surface area (Å²) in [6.45, 7) is 7.49. The van der Waals surface area contributed by atoms with Crippen molar-refractivity contribution in [1.82, 2.24) is 9.80 Å². The normalized spacial score (nSPS) is 20.3. The highest BCUT2D eigenvalue weighted by molar-refractivity contribution is 6.03. The number of phenols is 1. The number of aryl methyl sites for hydroxylation is 3. The summed E-state index contributed by atoms with van der Waals surface area (Å²) in [6, 6.07) is 6.98. The lowest BCUT2D eigenvalue weighted by Gasteiger charge is -2.17. The first-order valence-electron chi connectivity index (χ1n) is 13.4. The molecule has 5 aliphatic rings. The fourth-order valence-corrected chi connectivity index (χ4v) is 4.81. The first-order chi connectivity index (χ1) is 19.3. The number of benzene rings is 2. The second-order valence-corrected chi connectivity index (χ2v) is 10.3. The minimum absolute atomic E-state index is 0. The number of ether oxygens (including phenoxy) is 2. The largest absolute Gasteiger partial charge is 0.508 e. The van der Waals surface area contributed by atoms with Crippen LogP contribution in [0.1, 0.15) is 72.5 Å². The zero-order chi connectivity index (χ0) is 28.2. The fraction of sp³-hybridized carbons (Fsp3) is 0.412. The number of fused-ring (bicyclic) bond motifs is 4. The molecule has 0 aromatic heterocycles. The number of hydrogen-bond acceptors (Lipinski definition) is 7. The van der Waals surface area contributed by atoms with Gasteiger partial charge in [0, 0.05) is 18.5 Å². The van der Waals surface area contributed by atoms with Crippen LogP contribution in [-0.2, 0) is 9.47 Å². The lowest BCUT2D eigenvalue weighted by Crippen LogP contribution is -2.36. The average molecular weight is 591 g/mol. The number of amides is 2. The molecule has 232 valence electrons. The van der Waals surface area contributed by atoms with Crippen molar-refractivity contribution >= 4 is 35.6 Å². The van der Waals surface area contributed by atoms with E-state index in [0.29, 0.717) is 49.1 Å². The van der Waals surface area contributed by atoms with Gasteiger partial charge >= 0.3 is 0 Å². The second-order valence-electron chi connectivity index (χ2n) is 10.3. The molecule has 2 aromatic rings. The predicted octanol–water partition coefficient (Wildman–Crippen LogP) is 6.83. The van der Waals surface area contributed by atoms with Gasteiger partial charge in [-0.15, -0.1) is 0 Å². The third-order valence-electron chi connectivity index (χ3n) is 7.40. The molecule has 7 rings (SSSR count). The van der Waals surface area contributed by atoms with Gasteiger partial charge in [-0.05, 0) is 68.5 Å². The summed E-state index contributed by atoms with van der Waals surface area (Å²) in [5.41, 5.74) is 5.44. The third-order valence-corrected chi connectivity index (χ3v) is 7.40. The average Bonchev–Trinajstić information content (AvgIpc) is 3.60. The molecule has 0 unspecified atom stereocenters. The van der Waals surface area contributed by atoms with Crippen molar-refractivity contribution < 1.29 is 24.2 Å². The molecule has 0 saturated carbocycles. The first-order valence-corrected chi connectivity index (χ1v) is 13.4. The van der Waals surface area contributed by atoms with E-state index < -0.39 is 0 Å². The molecule has 1 aliphatic carbocycles. The summed E-state index contributed by atoms with van der Waals surface area (Å²) in [4.78, 5) is 36.7. The highest BCUT2D eigenvalue weighted by Crippen LogP contribution is 2.32. The first kappa shape index (κ1) is 35.1. The van der Waals surface area contributed by atoms with Gasteiger partial charge in [0.15, 0.2) is 0 Å². The van der Waals surface area contributed by atoms with E-state index in [0.717, 1.165) is 29.7 Å². The summed E-state index contributed by atoms with van der Waals surface area (Å²) >= 11 is 0. The van der Waals surface area contributed by atoms with Gasteiger partial charge in [-0.3, -0.25) is 19.6 Å². The number of nitrogens with zero attached hydrogens (tertiary/aromatic N) is 4. The molecule has 2 amide bonds. The molecule has 2 fully saturated rings. The van der Waals surface area contributed by atoms with E-state index in [1.807, 2.05) is 32.2 Å². The SMILES string of the molecule is C.C.C.C1=CCC=CC1.Cc1cc2c(cc1C)C(=O)N1COC[C@H]1C=N2.Cc1cc2c(cc1O)N=C[C@@H]1COCN1C2=O. The molecule has 43 heavy (non-hydrogen) atoms. The van der Waals surface area contributed by atoms with Crippen LogP contribution >= 0.6 is 0 Å². The number of carbonyl (C=O) groups is 2. The number of hydrogen-bond donors (Lipinski definition) is 1. The Morgan fingerprint density at radius 1 is 0.674 bits per heavy atom. The van der Waals surface area contributed by atoms with Crippen LogP contribution in [0.4, 0.5) is 11.4 Å². The molecule has 2 atom stereocenters. The standard InChI is InChI=1S/C13H14N2O2.C12H12N2O3.C6H8.3CH4/c1-8-3-11-12(4-9(8)2)14-5-10-6-17-7-15(10)13(11)16;1-7-2-9-10(3-11(7)15)13-4-8-5-17-6-14(8)12(9)16;1-2-4-6-5-3-1;;;/h3-5,10H,6-7H2,1-2H3;2-4,8,15H,5-6H2,1H3;1-2,5-6H,3-4H2;3*1H4/t10-;8-;;;;/m11..../s1. The lowest BCUT2D eigenvalue weighted by molar-refractivity contribution is 0.0675. The van der Waals surface area contributed by atoms with Gasteiger partial charge in [-0.25, -0.2) is 0 Å². The molecule has 1 N–H and O–H groups in total. The molecule has 2 aromatic carbocycles. The highest BCUT2D eigenvalue weighted by atomic mass is 16.5. The molecule has 2 saturated heterocycles. The van der Waals surface area contributed by atoms with Crippen molar-refractivity contribution in [2.24, 2.45) is 9.98 Å². The number of rotatable bonds is 0. The topological polar surface area (TPSA) is 104 Å². The van der Waals surface area contributed by atoms with Crippen LogP contribution in [0.5, 0.6) is 5.75 Å². The quantitative estimate of drug-likeness (QED) is 0.339. The van der Waals surface area contributed by atoms with Crippen LogP contribution in [0.2, 0.25) is 0 Å². The Labute approximate surface area is 256 Å². The van der Waals surface area contributed by atoms with E-state index in [1.165, 1.54) is 6.07 Å². The summed E-state index contributed by atoms with van der Waals surface area (Å²) < 4.78 is 10.6. The summed E-state index contributed by atoms with van der Waals surface area (Å²) in [7, 11) is 0. The van der Waals surface area contributed by atoms with Gasteiger partial charge in [0.05, 0.1) is 47.8 Å².